The minimum Gasteiger partial charge on any atom is -0.468 e. The van der Waals surface area contributed by atoms with E-state index in [0.29, 0.717) is 6.54 Å². The first kappa shape index (κ1) is 10.9. The Bertz CT molecular complexity index is 158. The summed E-state index contributed by atoms with van der Waals surface area (Å²) in [5, 5.41) is 3.12. The number of esters is 1. The molecule has 1 rings (SSSR count). The Hall–Kier alpha value is -0.220. The van der Waals surface area contributed by atoms with Crippen LogP contribution >= 0.6 is 11.8 Å². The lowest BCUT2D eigenvalue weighted by molar-refractivity contribution is -0.139. The van der Waals surface area contributed by atoms with E-state index in [9.17, 15) is 4.79 Å². The number of carbonyl (C=O) groups excluding carboxylic acids is 1. The van der Waals surface area contributed by atoms with Gasteiger partial charge in [-0.1, -0.05) is 0 Å². The van der Waals surface area contributed by atoms with Gasteiger partial charge in [-0.15, -0.1) is 0 Å². The smallest absolute Gasteiger partial charge is 0.319 e. The predicted octanol–water partition coefficient (Wildman–Crippen LogP) is 0.892. The lowest BCUT2D eigenvalue weighted by Crippen LogP contribution is -2.30. The van der Waals surface area contributed by atoms with Crippen LogP contribution in [0, 0.1) is 5.92 Å². The molecular formula is C9H17NO2S. The van der Waals surface area contributed by atoms with Crippen molar-refractivity contribution in [2.75, 3.05) is 31.7 Å². The van der Waals surface area contributed by atoms with Crippen LogP contribution < -0.4 is 5.32 Å². The molecule has 0 radical (unpaired) electrons. The van der Waals surface area contributed by atoms with Crippen LogP contribution in [-0.2, 0) is 9.53 Å². The summed E-state index contributed by atoms with van der Waals surface area (Å²) in [5.41, 5.74) is 0. The van der Waals surface area contributed by atoms with Crippen molar-refractivity contribution in [1.82, 2.24) is 5.32 Å². The second kappa shape index (κ2) is 6.27. The standard InChI is InChI=1S/C9H17NO2S/c1-12-9(11)7-10-6-8-2-4-13-5-3-8/h8,10H,2-7H2,1H3. The normalized spacial score (nSPS) is 18.5. The van der Waals surface area contributed by atoms with Gasteiger partial charge in [-0.2, -0.15) is 11.8 Å². The Morgan fingerprint density at radius 1 is 1.54 bits per heavy atom. The van der Waals surface area contributed by atoms with Gasteiger partial charge in [-0.3, -0.25) is 4.79 Å². The summed E-state index contributed by atoms with van der Waals surface area (Å²) in [6.45, 7) is 1.30. The van der Waals surface area contributed by atoms with E-state index in [2.05, 4.69) is 10.1 Å². The summed E-state index contributed by atoms with van der Waals surface area (Å²) in [7, 11) is 1.42. The predicted molar refractivity (Wildman–Crippen MR) is 54.9 cm³/mol. The van der Waals surface area contributed by atoms with Gasteiger partial charge < -0.3 is 10.1 Å². The minimum atomic E-state index is -0.176. The zero-order valence-electron chi connectivity index (χ0n) is 8.04. The van der Waals surface area contributed by atoms with Gasteiger partial charge in [-0.05, 0) is 36.8 Å². The van der Waals surface area contributed by atoms with E-state index in [1.165, 1.54) is 31.5 Å². The number of nitrogens with one attached hydrogen (secondary N) is 1. The summed E-state index contributed by atoms with van der Waals surface area (Å²) < 4.78 is 4.53. The average molecular weight is 203 g/mol. The zero-order chi connectivity index (χ0) is 9.52. The molecule has 1 saturated heterocycles. The molecule has 0 aliphatic carbocycles. The molecule has 1 heterocycles. The third-order valence-corrected chi connectivity index (χ3v) is 3.32. The highest BCUT2D eigenvalue weighted by Gasteiger charge is 2.13. The minimum absolute atomic E-state index is 0.176. The fraction of sp³-hybridized carbons (Fsp3) is 0.889. The number of carbonyl (C=O) groups is 1. The molecule has 0 atom stereocenters. The van der Waals surface area contributed by atoms with Crippen molar-refractivity contribution in [3.8, 4) is 0 Å². The molecule has 3 nitrogen and oxygen atoms in total. The topological polar surface area (TPSA) is 38.3 Å². The number of thioether (sulfide) groups is 1. The average Bonchev–Trinajstić information content (AvgIpc) is 2.19. The third kappa shape index (κ3) is 4.52. The van der Waals surface area contributed by atoms with Crippen LogP contribution in [0.5, 0.6) is 0 Å². The van der Waals surface area contributed by atoms with Crippen LogP contribution in [0.25, 0.3) is 0 Å². The number of rotatable bonds is 4. The molecule has 1 N–H and O–H groups in total. The largest absolute Gasteiger partial charge is 0.468 e. The Balaban J connectivity index is 2.01. The van der Waals surface area contributed by atoms with E-state index >= 15 is 0 Å². The van der Waals surface area contributed by atoms with E-state index in [1.54, 1.807) is 0 Å². The molecule has 0 aromatic rings. The van der Waals surface area contributed by atoms with Crippen molar-refractivity contribution in [1.29, 1.82) is 0 Å². The van der Waals surface area contributed by atoms with Gasteiger partial charge in [0.05, 0.1) is 13.7 Å². The van der Waals surface area contributed by atoms with E-state index in [4.69, 9.17) is 0 Å². The molecule has 0 bridgehead atoms. The molecule has 0 spiro atoms. The van der Waals surface area contributed by atoms with Crippen molar-refractivity contribution in [2.45, 2.75) is 12.8 Å². The van der Waals surface area contributed by atoms with Gasteiger partial charge in [0.2, 0.25) is 0 Å². The van der Waals surface area contributed by atoms with Crippen LogP contribution in [0.3, 0.4) is 0 Å². The SMILES string of the molecule is COC(=O)CNCC1CCSCC1. The van der Waals surface area contributed by atoms with Crippen molar-refractivity contribution in [2.24, 2.45) is 5.92 Å². The van der Waals surface area contributed by atoms with Gasteiger partial charge in [0.25, 0.3) is 0 Å². The lowest BCUT2D eigenvalue weighted by atomic mass is 10.0. The fourth-order valence-corrected chi connectivity index (χ4v) is 2.61. The van der Waals surface area contributed by atoms with Crippen LogP contribution in [0.2, 0.25) is 0 Å². The first-order chi connectivity index (χ1) is 6.33. The number of hydrogen-bond donors (Lipinski definition) is 1. The van der Waals surface area contributed by atoms with E-state index in [-0.39, 0.29) is 5.97 Å². The summed E-state index contributed by atoms with van der Waals surface area (Å²) in [6.07, 6.45) is 2.55. The summed E-state index contributed by atoms with van der Waals surface area (Å²) in [6, 6.07) is 0. The zero-order valence-corrected chi connectivity index (χ0v) is 8.86. The third-order valence-electron chi connectivity index (χ3n) is 2.27. The molecule has 0 aromatic carbocycles. The van der Waals surface area contributed by atoms with Gasteiger partial charge in [-0.25, -0.2) is 0 Å². The molecule has 13 heavy (non-hydrogen) atoms. The highest BCUT2D eigenvalue weighted by atomic mass is 32.2. The van der Waals surface area contributed by atoms with Gasteiger partial charge in [0.1, 0.15) is 0 Å². The van der Waals surface area contributed by atoms with Gasteiger partial charge in [0, 0.05) is 0 Å². The monoisotopic (exact) mass is 203 g/mol. The van der Waals surface area contributed by atoms with Crippen LogP contribution in [0.1, 0.15) is 12.8 Å². The van der Waals surface area contributed by atoms with Crippen LogP contribution in [-0.4, -0.2) is 37.7 Å². The van der Waals surface area contributed by atoms with Crippen LogP contribution in [0.15, 0.2) is 0 Å². The van der Waals surface area contributed by atoms with Crippen molar-refractivity contribution < 1.29 is 9.53 Å². The van der Waals surface area contributed by atoms with Crippen LogP contribution in [0.4, 0.5) is 0 Å². The molecule has 0 aromatic heterocycles. The highest BCUT2D eigenvalue weighted by Crippen LogP contribution is 2.21. The molecule has 0 saturated carbocycles. The fourth-order valence-electron chi connectivity index (χ4n) is 1.40. The molecule has 0 unspecified atom stereocenters. The first-order valence-corrected chi connectivity index (χ1v) is 5.83. The first-order valence-electron chi connectivity index (χ1n) is 4.68. The highest BCUT2D eigenvalue weighted by molar-refractivity contribution is 7.99. The number of methoxy groups -OCH3 is 1. The molecule has 76 valence electrons. The van der Waals surface area contributed by atoms with Gasteiger partial charge >= 0.3 is 5.97 Å². The van der Waals surface area contributed by atoms with E-state index < -0.39 is 0 Å². The summed E-state index contributed by atoms with van der Waals surface area (Å²) in [5.74, 6) is 3.12. The van der Waals surface area contributed by atoms with E-state index in [1.807, 2.05) is 11.8 Å². The Morgan fingerprint density at radius 2 is 2.23 bits per heavy atom. The maximum Gasteiger partial charge on any atom is 0.319 e. The molecule has 1 aliphatic rings. The molecule has 0 amide bonds. The number of ether oxygens (including phenoxy) is 1. The maximum absolute atomic E-state index is 10.8. The Labute approximate surface area is 83.6 Å². The molecule has 4 heteroatoms. The summed E-state index contributed by atoms with van der Waals surface area (Å²) in [4.78, 5) is 10.8. The molecule has 1 aliphatic heterocycles. The quantitative estimate of drug-likeness (QED) is 0.689. The second-order valence-corrected chi connectivity index (χ2v) is 4.49. The maximum atomic E-state index is 10.8. The molecule has 1 fully saturated rings. The van der Waals surface area contributed by atoms with Gasteiger partial charge in [0.15, 0.2) is 0 Å². The number of hydrogen-bond acceptors (Lipinski definition) is 4. The van der Waals surface area contributed by atoms with Crippen molar-refractivity contribution in [3.63, 3.8) is 0 Å². The second-order valence-electron chi connectivity index (χ2n) is 3.26. The summed E-state index contributed by atoms with van der Waals surface area (Å²) >= 11 is 2.02. The Kier molecular flexibility index (Phi) is 5.23. The lowest BCUT2D eigenvalue weighted by Gasteiger charge is -2.21. The van der Waals surface area contributed by atoms with E-state index in [0.717, 1.165) is 12.5 Å². The molecular weight excluding hydrogens is 186 g/mol. The van der Waals surface area contributed by atoms with Crippen molar-refractivity contribution in [3.05, 3.63) is 0 Å². The van der Waals surface area contributed by atoms with Crippen molar-refractivity contribution >= 4 is 17.7 Å². The Morgan fingerprint density at radius 3 is 2.85 bits per heavy atom.